The number of nitrogens with one attached hydrogen (secondary N) is 2. The van der Waals surface area contributed by atoms with Gasteiger partial charge in [-0.2, -0.15) is 0 Å². The molecule has 0 spiro atoms. The molecule has 1 aliphatic carbocycles. The molecule has 0 aromatic heterocycles. The van der Waals surface area contributed by atoms with Gasteiger partial charge in [0, 0.05) is 18.8 Å². The molecule has 6 nitrogen and oxygen atoms in total. The number of benzene rings is 1. The number of amides is 2. The van der Waals surface area contributed by atoms with Crippen molar-refractivity contribution in [3.05, 3.63) is 23.2 Å². The number of halogens is 2. The lowest BCUT2D eigenvalue weighted by Gasteiger charge is -2.19. The first kappa shape index (κ1) is 22.5. The molecule has 8 heteroatoms. The number of rotatable bonds is 10. The Bertz CT molecular complexity index is 605. The molecule has 2 rings (SSSR count). The average Bonchev–Trinajstić information content (AvgIpc) is 3.39. The first-order chi connectivity index (χ1) is 12.0. The maximum Gasteiger partial charge on any atom is 0.260 e. The Morgan fingerprint density at radius 2 is 1.96 bits per heavy atom. The number of nitrogens with zero attached hydrogens (tertiary/aromatic N) is 1. The Morgan fingerprint density at radius 1 is 1.27 bits per heavy atom. The second-order valence-corrected chi connectivity index (χ2v) is 6.53. The van der Waals surface area contributed by atoms with Gasteiger partial charge < -0.3 is 20.3 Å². The molecule has 1 aromatic rings. The van der Waals surface area contributed by atoms with Crippen LogP contribution in [0.25, 0.3) is 0 Å². The van der Waals surface area contributed by atoms with Gasteiger partial charge in [-0.3, -0.25) is 9.59 Å². The van der Waals surface area contributed by atoms with Crippen LogP contribution in [0.2, 0.25) is 5.02 Å². The van der Waals surface area contributed by atoms with Crippen LogP contribution in [0, 0.1) is 5.92 Å². The summed E-state index contributed by atoms with van der Waals surface area (Å²) in [5, 5.41) is 6.28. The van der Waals surface area contributed by atoms with Crippen molar-refractivity contribution in [2.75, 3.05) is 38.1 Å². The van der Waals surface area contributed by atoms with E-state index >= 15 is 0 Å². The Labute approximate surface area is 166 Å². The molecule has 1 aromatic carbocycles. The summed E-state index contributed by atoms with van der Waals surface area (Å²) in [6.07, 6.45) is 2.50. The molecule has 0 heterocycles. The molecular weight excluding hydrogens is 377 g/mol. The van der Waals surface area contributed by atoms with Gasteiger partial charge in [0.15, 0.2) is 6.61 Å². The molecular formula is C18H27Cl2N3O3. The highest BCUT2D eigenvalue weighted by molar-refractivity contribution is 6.32. The van der Waals surface area contributed by atoms with E-state index in [0.29, 0.717) is 29.5 Å². The van der Waals surface area contributed by atoms with Crippen molar-refractivity contribution in [1.82, 2.24) is 10.2 Å². The van der Waals surface area contributed by atoms with Crippen molar-refractivity contribution < 1.29 is 14.3 Å². The predicted molar refractivity (Wildman–Crippen MR) is 106 cm³/mol. The fourth-order valence-electron chi connectivity index (χ4n) is 2.42. The van der Waals surface area contributed by atoms with Gasteiger partial charge in [0.1, 0.15) is 5.75 Å². The van der Waals surface area contributed by atoms with Crippen molar-refractivity contribution in [2.45, 2.75) is 26.7 Å². The molecule has 26 heavy (non-hydrogen) atoms. The number of carbonyl (C=O) groups is 2. The molecule has 2 amide bonds. The second-order valence-electron chi connectivity index (χ2n) is 6.12. The maximum atomic E-state index is 11.9. The van der Waals surface area contributed by atoms with Crippen molar-refractivity contribution in [1.29, 1.82) is 0 Å². The number of ether oxygens (including phenoxy) is 1. The number of carbonyl (C=O) groups excluding carboxylic acids is 2. The van der Waals surface area contributed by atoms with E-state index in [9.17, 15) is 9.59 Å². The normalized spacial score (nSPS) is 12.9. The first-order valence-corrected chi connectivity index (χ1v) is 9.12. The molecule has 146 valence electrons. The molecule has 2 N–H and O–H groups in total. The van der Waals surface area contributed by atoms with Gasteiger partial charge in [-0.25, -0.2) is 0 Å². The van der Waals surface area contributed by atoms with E-state index in [2.05, 4.69) is 10.6 Å². The summed E-state index contributed by atoms with van der Waals surface area (Å²) in [4.78, 5) is 25.5. The minimum atomic E-state index is -0.109. The Hall–Kier alpha value is -1.50. The molecule has 0 radical (unpaired) electrons. The zero-order valence-electron chi connectivity index (χ0n) is 15.2. The van der Waals surface area contributed by atoms with E-state index in [4.69, 9.17) is 16.3 Å². The second kappa shape index (κ2) is 11.3. The highest BCUT2D eigenvalue weighted by Gasteiger charge is 2.20. The zero-order valence-corrected chi connectivity index (χ0v) is 16.8. The van der Waals surface area contributed by atoms with Gasteiger partial charge in [-0.1, -0.05) is 11.6 Å². The van der Waals surface area contributed by atoms with Crippen LogP contribution >= 0.6 is 24.0 Å². The van der Waals surface area contributed by atoms with E-state index in [1.165, 1.54) is 12.8 Å². The lowest BCUT2D eigenvalue weighted by molar-refractivity contribution is -0.133. The monoisotopic (exact) mass is 403 g/mol. The molecule has 0 aliphatic heterocycles. The molecule has 1 aliphatic rings. The smallest absolute Gasteiger partial charge is 0.260 e. The Balaban J connectivity index is 0.00000338. The minimum Gasteiger partial charge on any atom is -0.482 e. The SMILES string of the molecule is CCN(CC)C(=O)COc1ccc(NC(=O)CNCC2CC2)cc1Cl.Cl. The predicted octanol–water partition coefficient (Wildman–Crippen LogP) is 2.95. The van der Waals surface area contributed by atoms with E-state index < -0.39 is 0 Å². The lowest BCUT2D eigenvalue weighted by atomic mass is 10.3. The lowest BCUT2D eigenvalue weighted by Crippen LogP contribution is -2.34. The molecule has 0 saturated heterocycles. The fraction of sp³-hybridized carbons (Fsp3) is 0.556. The zero-order chi connectivity index (χ0) is 18.2. The standard InChI is InChI=1S/C18H26ClN3O3.ClH/c1-3-22(4-2)18(24)12-25-16-8-7-14(9-15(16)19)21-17(23)11-20-10-13-5-6-13;/h7-9,13,20H,3-6,10-12H2,1-2H3,(H,21,23);1H. The van der Waals surface area contributed by atoms with Crippen LogP contribution in [-0.4, -0.2) is 49.5 Å². The van der Waals surface area contributed by atoms with E-state index in [-0.39, 0.29) is 37.4 Å². The quantitative estimate of drug-likeness (QED) is 0.629. The highest BCUT2D eigenvalue weighted by Crippen LogP contribution is 2.28. The molecule has 0 unspecified atom stereocenters. The summed E-state index contributed by atoms with van der Waals surface area (Å²) >= 11 is 6.18. The summed E-state index contributed by atoms with van der Waals surface area (Å²) in [6, 6.07) is 4.99. The van der Waals surface area contributed by atoms with Crippen LogP contribution in [0.1, 0.15) is 26.7 Å². The third kappa shape index (κ3) is 7.40. The van der Waals surface area contributed by atoms with E-state index in [1.54, 1.807) is 23.1 Å². The van der Waals surface area contributed by atoms with Crippen molar-refractivity contribution in [2.24, 2.45) is 5.92 Å². The number of likely N-dealkylation sites (N-methyl/N-ethyl adjacent to an activating group) is 1. The number of anilines is 1. The van der Waals surface area contributed by atoms with Crippen LogP contribution in [0.3, 0.4) is 0 Å². The third-order valence-electron chi connectivity index (χ3n) is 4.10. The summed E-state index contributed by atoms with van der Waals surface area (Å²) in [5.41, 5.74) is 0.602. The van der Waals surface area contributed by atoms with Gasteiger partial charge in [0.25, 0.3) is 5.91 Å². The van der Waals surface area contributed by atoms with E-state index in [0.717, 1.165) is 12.5 Å². The number of hydrogen-bond donors (Lipinski definition) is 2. The fourth-order valence-corrected chi connectivity index (χ4v) is 2.65. The topological polar surface area (TPSA) is 70.7 Å². The summed E-state index contributed by atoms with van der Waals surface area (Å²) in [6.45, 7) is 6.25. The van der Waals surface area contributed by atoms with Gasteiger partial charge in [-0.15, -0.1) is 12.4 Å². The van der Waals surface area contributed by atoms with Gasteiger partial charge in [0.05, 0.1) is 11.6 Å². The first-order valence-electron chi connectivity index (χ1n) is 8.74. The Kier molecular flexibility index (Phi) is 9.76. The number of hydrogen-bond acceptors (Lipinski definition) is 4. The van der Waals surface area contributed by atoms with Crippen LogP contribution < -0.4 is 15.4 Å². The van der Waals surface area contributed by atoms with Crippen LogP contribution in [-0.2, 0) is 9.59 Å². The van der Waals surface area contributed by atoms with E-state index in [1.807, 2.05) is 13.8 Å². The van der Waals surface area contributed by atoms with Crippen molar-refractivity contribution >= 4 is 41.5 Å². The third-order valence-corrected chi connectivity index (χ3v) is 4.39. The van der Waals surface area contributed by atoms with Gasteiger partial charge in [0.2, 0.25) is 5.91 Å². The molecule has 0 bridgehead atoms. The van der Waals surface area contributed by atoms with Crippen LogP contribution in [0.4, 0.5) is 5.69 Å². The van der Waals surface area contributed by atoms with Crippen molar-refractivity contribution in [3.8, 4) is 5.75 Å². The molecule has 0 atom stereocenters. The molecule has 1 saturated carbocycles. The average molecular weight is 404 g/mol. The van der Waals surface area contributed by atoms with Gasteiger partial charge >= 0.3 is 0 Å². The van der Waals surface area contributed by atoms with Crippen LogP contribution in [0.5, 0.6) is 5.75 Å². The molecule has 1 fully saturated rings. The van der Waals surface area contributed by atoms with Crippen molar-refractivity contribution in [3.63, 3.8) is 0 Å². The van der Waals surface area contributed by atoms with Gasteiger partial charge in [-0.05, 0) is 57.4 Å². The largest absolute Gasteiger partial charge is 0.482 e. The Morgan fingerprint density at radius 3 is 2.54 bits per heavy atom. The minimum absolute atomic E-state index is 0. The maximum absolute atomic E-state index is 11.9. The van der Waals surface area contributed by atoms with Crippen LogP contribution in [0.15, 0.2) is 18.2 Å². The summed E-state index contributed by atoms with van der Waals surface area (Å²) in [7, 11) is 0. The highest BCUT2D eigenvalue weighted by atomic mass is 35.5. The summed E-state index contributed by atoms with van der Waals surface area (Å²) in [5.74, 6) is 0.965. The summed E-state index contributed by atoms with van der Waals surface area (Å²) < 4.78 is 5.49.